The molecule has 1 fully saturated rings. The van der Waals surface area contributed by atoms with Gasteiger partial charge in [0.15, 0.2) is 0 Å². The van der Waals surface area contributed by atoms with Crippen molar-refractivity contribution >= 4 is 38.6 Å². The largest absolute Gasteiger partial charge is 0.363 e. The molecule has 0 saturated heterocycles. The van der Waals surface area contributed by atoms with Crippen LogP contribution in [0.3, 0.4) is 0 Å². The monoisotopic (exact) mass is 456 g/mol. The minimum Gasteiger partial charge on any atom is -0.363 e. The van der Waals surface area contributed by atoms with E-state index in [0.29, 0.717) is 6.04 Å². The highest BCUT2D eigenvalue weighted by Gasteiger charge is 2.21. The molecular weight excluding hydrogens is 428 g/mol. The zero-order valence-corrected chi connectivity index (χ0v) is 18.7. The first kappa shape index (κ1) is 20.2. The SMILES string of the molecule is CN(C)c1ccnc(N[C@H]2CC[C@@H](CNCc3c[nH]c4ccc(Br)cc34)CC2)n1. The summed E-state index contributed by atoms with van der Waals surface area (Å²) in [7, 11) is 4.00. The van der Waals surface area contributed by atoms with Gasteiger partial charge in [-0.15, -0.1) is 0 Å². The Hall–Kier alpha value is -2.12. The fourth-order valence-corrected chi connectivity index (χ4v) is 4.43. The van der Waals surface area contributed by atoms with Crippen LogP contribution in [0, 0.1) is 5.92 Å². The van der Waals surface area contributed by atoms with E-state index < -0.39 is 0 Å². The molecule has 29 heavy (non-hydrogen) atoms. The maximum absolute atomic E-state index is 4.58. The highest BCUT2D eigenvalue weighted by molar-refractivity contribution is 9.10. The number of aromatic nitrogens is 3. The number of rotatable bonds is 7. The van der Waals surface area contributed by atoms with Crippen molar-refractivity contribution in [2.45, 2.75) is 38.3 Å². The summed E-state index contributed by atoms with van der Waals surface area (Å²) in [6, 6.07) is 8.78. The summed E-state index contributed by atoms with van der Waals surface area (Å²) in [6.45, 7) is 1.97. The molecule has 1 aromatic carbocycles. The number of anilines is 2. The molecule has 0 aliphatic heterocycles. The van der Waals surface area contributed by atoms with E-state index in [4.69, 9.17) is 0 Å². The van der Waals surface area contributed by atoms with E-state index in [1.807, 2.05) is 31.3 Å². The molecule has 2 aromatic heterocycles. The Labute approximate surface area is 180 Å². The second-order valence-electron chi connectivity index (χ2n) is 8.13. The van der Waals surface area contributed by atoms with Crippen LogP contribution in [-0.2, 0) is 6.54 Å². The van der Waals surface area contributed by atoms with E-state index in [0.717, 1.165) is 35.2 Å². The lowest BCUT2D eigenvalue weighted by Gasteiger charge is -2.29. The van der Waals surface area contributed by atoms with Crippen molar-refractivity contribution in [3.63, 3.8) is 0 Å². The third-order valence-electron chi connectivity index (χ3n) is 5.76. The van der Waals surface area contributed by atoms with Gasteiger partial charge in [0.05, 0.1) is 0 Å². The second-order valence-corrected chi connectivity index (χ2v) is 9.05. The van der Waals surface area contributed by atoms with E-state index in [2.05, 4.69) is 65.9 Å². The molecule has 1 aliphatic carbocycles. The van der Waals surface area contributed by atoms with Gasteiger partial charge in [-0.05, 0) is 68.0 Å². The van der Waals surface area contributed by atoms with Gasteiger partial charge in [-0.25, -0.2) is 4.98 Å². The lowest BCUT2D eigenvalue weighted by atomic mass is 9.86. The first-order valence-electron chi connectivity index (χ1n) is 10.3. The lowest BCUT2D eigenvalue weighted by molar-refractivity contribution is 0.324. The summed E-state index contributed by atoms with van der Waals surface area (Å²) in [5.74, 6) is 2.41. The van der Waals surface area contributed by atoms with Crippen molar-refractivity contribution in [2.24, 2.45) is 5.92 Å². The van der Waals surface area contributed by atoms with Crippen molar-refractivity contribution < 1.29 is 0 Å². The fraction of sp³-hybridized carbons (Fsp3) is 0.455. The van der Waals surface area contributed by atoms with Gasteiger partial charge < -0.3 is 20.5 Å². The van der Waals surface area contributed by atoms with Crippen LogP contribution in [0.1, 0.15) is 31.2 Å². The summed E-state index contributed by atoms with van der Waals surface area (Å²) in [5.41, 5.74) is 2.52. The summed E-state index contributed by atoms with van der Waals surface area (Å²) >= 11 is 3.57. The van der Waals surface area contributed by atoms with E-state index in [-0.39, 0.29) is 0 Å². The van der Waals surface area contributed by atoms with Crippen LogP contribution in [0.2, 0.25) is 0 Å². The van der Waals surface area contributed by atoms with Crippen LogP contribution in [0.15, 0.2) is 41.1 Å². The molecule has 0 unspecified atom stereocenters. The van der Waals surface area contributed by atoms with Crippen molar-refractivity contribution in [1.29, 1.82) is 0 Å². The average molecular weight is 457 g/mol. The summed E-state index contributed by atoms with van der Waals surface area (Å²) in [5, 5.41) is 8.48. The Balaban J connectivity index is 1.23. The molecule has 0 atom stereocenters. The molecule has 0 radical (unpaired) electrons. The van der Waals surface area contributed by atoms with Crippen LogP contribution < -0.4 is 15.5 Å². The topological polar surface area (TPSA) is 68.9 Å². The van der Waals surface area contributed by atoms with Crippen LogP contribution in [0.5, 0.6) is 0 Å². The lowest BCUT2D eigenvalue weighted by Crippen LogP contribution is -2.31. The molecule has 3 aromatic rings. The number of nitrogens with one attached hydrogen (secondary N) is 3. The predicted octanol–water partition coefficient (Wildman–Crippen LogP) is 4.55. The highest BCUT2D eigenvalue weighted by atomic mass is 79.9. The molecule has 1 saturated carbocycles. The van der Waals surface area contributed by atoms with Crippen molar-refractivity contribution in [3.8, 4) is 0 Å². The number of hydrogen-bond donors (Lipinski definition) is 3. The molecule has 7 heteroatoms. The van der Waals surface area contributed by atoms with Gasteiger partial charge in [0, 0.05) is 54.5 Å². The van der Waals surface area contributed by atoms with Gasteiger partial charge >= 0.3 is 0 Å². The van der Waals surface area contributed by atoms with E-state index in [1.54, 1.807) is 0 Å². The molecule has 3 N–H and O–H groups in total. The summed E-state index contributed by atoms with van der Waals surface area (Å²) in [4.78, 5) is 14.3. The normalized spacial score (nSPS) is 19.4. The molecule has 4 rings (SSSR count). The minimum atomic E-state index is 0.467. The number of benzene rings is 1. The minimum absolute atomic E-state index is 0.467. The maximum atomic E-state index is 4.58. The van der Waals surface area contributed by atoms with Crippen LogP contribution in [-0.4, -0.2) is 41.6 Å². The maximum Gasteiger partial charge on any atom is 0.224 e. The van der Waals surface area contributed by atoms with Gasteiger partial charge in [0.2, 0.25) is 5.95 Å². The van der Waals surface area contributed by atoms with E-state index in [1.165, 1.54) is 42.1 Å². The predicted molar refractivity (Wildman–Crippen MR) is 123 cm³/mol. The number of halogens is 1. The molecule has 154 valence electrons. The zero-order chi connectivity index (χ0) is 20.2. The summed E-state index contributed by atoms with van der Waals surface area (Å²) < 4.78 is 1.12. The smallest absolute Gasteiger partial charge is 0.224 e. The Bertz CT molecular complexity index is 945. The Morgan fingerprint density at radius 2 is 2.00 bits per heavy atom. The van der Waals surface area contributed by atoms with Crippen LogP contribution in [0.25, 0.3) is 10.9 Å². The molecule has 0 amide bonds. The van der Waals surface area contributed by atoms with Gasteiger partial charge in [0.1, 0.15) is 5.82 Å². The Kier molecular flexibility index (Phi) is 6.35. The molecule has 1 aliphatic rings. The average Bonchev–Trinajstić information content (AvgIpc) is 3.11. The number of fused-ring (bicyclic) bond motifs is 1. The third kappa shape index (κ3) is 5.08. The van der Waals surface area contributed by atoms with Crippen molar-refractivity contribution in [3.05, 3.63) is 46.7 Å². The quantitative estimate of drug-likeness (QED) is 0.486. The second kappa shape index (κ2) is 9.13. The molecule has 0 spiro atoms. The Morgan fingerprint density at radius 1 is 1.17 bits per heavy atom. The highest BCUT2D eigenvalue weighted by Crippen LogP contribution is 2.26. The number of aromatic amines is 1. The van der Waals surface area contributed by atoms with Gasteiger partial charge in [0.25, 0.3) is 0 Å². The van der Waals surface area contributed by atoms with Crippen LogP contribution >= 0.6 is 15.9 Å². The van der Waals surface area contributed by atoms with E-state index >= 15 is 0 Å². The van der Waals surface area contributed by atoms with Gasteiger partial charge in [-0.2, -0.15) is 4.98 Å². The molecule has 2 heterocycles. The molecule has 6 nitrogen and oxygen atoms in total. The first-order valence-corrected chi connectivity index (χ1v) is 11.1. The summed E-state index contributed by atoms with van der Waals surface area (Å²) in [6.07, 6.45) is 8.75. The first-order chi connectivity index (χ1) is 14.1. The Morgan fingerprint density at radius 3 is 2.79 bits per heavy atom. The van der Waals surface area contributed by atoms with Gasteiger partial charge in [-0.3, -0.25) is 0 Å². The van der Waals surface area contributed by atoms with E-state index in [9.17, 15) is 0 Å². The standard InChI is InChI=1S/C22H29BrN6/c1-29(2)21-9-10-25-22(28-21)27-18-6-3-15(4-7-18)12-24-13-16-14-26-20-8-5-17(23)11-19(16)20/h5,8-11,14-15,18,24,26H,3-4,6-7,12-13H2,1-2H3,(H,25,27,28)/t15-,18+. The number of nitrogens with zero attached hydrogens (tertiary/aromatic N) is 3. The number of hydrogen-bond acceptors (Lipinski definition) is 5. The molecular formula is C22H29BrN6. The zero-order valence-electron chi connectivity index (χ0n) is 17.1. The third-order valence-corrected chi connectivity index (χ3v) is 6.25. The van der Waals surface area contributed by atoms with Crippen molar-refractivity contribution in [1.82, 2.24) is 20.3 Å². The van der Waals surface area contributed by atoms with Crippen LogP contribution in [0.4, 0.5) is 11.8 Å². The van der Waals surface area contributed by atoms with Crippen molar-refractivity contribution in [2.75, 3.05) is 30.9 Å². The number of H-pyrrole nitrogens is 1. The molecule has 0 bridgehead atoms. The van der Waals surface area contributed by atoms with Gasteiger partial charge in [-0.1, -0.05) is 15.9 Å². The fourth-order valence-electron chi connectivity index (χ4n) is 4.07.